The highest BCUT2D eigenvalue weighted by molar-refractivity contribution is 6.00. The monoisotopic (exact) mass is 334 g/mol. The van der Waals surface area contributed by atoms with Crippen molar-refractivity contribution in [3.63, 3.8) is 0 Å². The maximum absolute atomic E-state index is 5.85. The van der Waals surface area contributed by atoms with Gasteiger partial charge in [-0.25, -0.2) is 9.98 Å². The van der Waals surface area contributed by atoms with Crippen LogP contribution in [0, 0.1) is 5.92 Å². The van der Waals surface area contributed by atoms with Crippen molar-refractivity contribution in [2.24, 2.45) is 15.9 Å². The van der Waals surface area contributed by atoms with Crippen molar-refractivity contribution >= 4 is 11.8 Å². The standard InChI is InChI=1S/C21H22N2O2/c1-14(2)18-12-24-20(22-18)16-9-6-10-17(11-16)21-23-19(13-25-21)15-7-4-3-5-8-15/h3-11,14,18-19H,12-13H2,1-2H3/t18-,19-/m1/s1. The highest BCUT2D eigenvalue weighted by Crippen LogP contribution is 2.26. The summed E-state index contributed by atoms with van der Waals surface area (Å²) in [6, 6.07) is 18.6. The fourth-order valence-electron chi connectivity index (χ4n) is 3.05. The van der Waals surface area contributed by atoms with E-state index in [0.717, 1.165) is 17.0 Å². The van der Waals surface area contributed by atoms with Gasteiger partial charge in [-0.1, -0.05) is 50.2 Å². The van der Waals surface area contributed by atoms with Gasteiger partial charge in [0.05, 0.1) is 6.04 Å². The van der Waals surface area contributed by atoms with Crippen LogP contribution >= 0.6 is 0 Å². The van der Waals surface area contributed by atoms with Crippen LogP contribution in [0.1, 0.15) is 36.6 Å². The molecule has 25 heavy (non-hydrogen) atoms. The van der Waals surface area contributed by atoms with Gasteiger partial charge in [0.1, 0.15) is 19.3 Å². The summed E-state index contributed by atoms with van der Waals surface area (Å²) in [6.07, 6.45) is 0. The molecule has 4 rings (SSSR count). The van der Waals surface area contributed by atoms with E-state index < -0.39 is 0 Å². The number of hydrogen-bond donors (Lipinski definition) is 0. The molecule has 2 heterocycles. The molecule has 0 unspecified atom stereocenters. The average molecular weight is 334 g/mol. The molecule has 2 aliphatic rings. The minimum absolute atomic E-state index is 0.0604. The second-order valence-electron chi connectivity index (χ2n) is 6.81. The third kappa shape index (κ3) is 3.29. The largest absolute Gasteiger partial charge is 0.475 e. The fraction of sp³-hybridized carbons (Fsp3) is 0.333. The first-order valence-electron chi connectivity index (χ1n) is 8.77. The van der Waals surface area contributed by atoms with Gasteiger partial charge in [0.2, 0.25) is 11.8 Å². The molecule has 0 saturated heterocycles. The zero-order valence-electron chi connectivity index (χ0n) is 14.6. The summed E-state index contributed by atoms with van der Waals surface area (Å²) in [7, 11) is 0. The summed E-state index contributed by atoms with van der Waals surface area (Å²) in [4.78, 5) is 9.45. The van der Waals surface area contributed by atoms with E-state index in [9.17, 15) is 0 Å². The Hall–Kier alpha value is -2.62. The van der Waals surface area contributed by atoms with Crippen molar-refractivity contribution < 1.29 is 9.47 Å². The van der Waals surface area contributed by atoms with Crippen molar-refractivity contribution in [3.8, 4) is 0 Å². The number of ether oxygens (including phenoxy) is 2. The van der Waals surface area contributed by atoms with Gasteiger partial charge in [-0.05, 0) is 29.7 Å². The van der Waals surface area contributed by atoms with Crippen molar-refractivity contribution in [1.82, 2.24) is 0 Å². The molecule has 128 valence electrons. The fourth-order valence-corrected chi connectivity index (χ4v) is 3.05. The zero-order chi connectivity index (χ0) is 17.2. The molecule has 0 spiro atoms. The van der Waals surface area contributed by atoms with Crippen LogP contribution in [0.25, 0.3) is 0 Å². The molecular weight excluding hydrogens is 312 g/mol. The second-order valence-corrected chi connectivity index (χ2v) is 6.81. The summed E-state index contributed by atoms with van der Waals surface area (Å²) in [5.41, 5.74) is 3.13. The Morgan fingerprint density at radius 2 is 1.52 bits per heavy atom. The van der Waals surface area contributed by atoms with Crippen LogP contribution in [-0.4, -0.2) is 31.1 Å². The van der Waals surface area contributed by atoms with Crippen LogP contribution in [0.15, 0.2) is 64.6 Å². The molecule has 2 aromatic rings. The Bertz CT molecular complexity index is 812. The summed E-state index contributed by atoms with van der Waals surface area (Å²) in [6.45, 7) is 5.57. The van der Waals surface area contributed by atoms with Gasteiger partial charge < -0.3 is 9.47 Å². The van der Waals surface area contributed by atoms with Crippen LogP contribution in [0.4, 0.5) is 0 Å². The Morgan fingerprint density at radius 3 is 2.20 bits per heavy atom. The maximum atomic E-state index is 5.85. The molecule has 0 bridgehead atoms. The zero-order valence-corrected chi connectivity index (χ0v) is 14.6. The minimum atomic E-state index is 0.0604. The lowest BCUT2D eigenvalue weighted by Gasteiger charge is -2.06. The topological polar surface area (TPSA) is 43.2 Å². The third-order valence-corrected chi connectivity index (χ3v) is 4.64. The first-order valence-corrected chi connectivity index (χ1v) is 8.77. The van der Waals surface area contributed by atoms with Gasteiger partial charge in [-0.15, -0.1) is 0 Å². The Labute approximate surface area is 148 Å². The van der Waals surface area contributed by atoms with Gasteiger partial charge in [-0.3, -0.25) is 0 Å². The van der Waals surface area contributed by atoms with E-state index in [4.69, 9.17) is 19.5 Å². The predicted octanol–water partition coefficient (Wildman–Crippen LogP) is 4.01. The predicted molar refractivity (Wildman–Crippen MR) is 99.2 cm³/mol. The molecule has 4 nitrogen and oxygen atoms in total. The van der Waals surface area contributed by atoms with E-state index in [1.165, 1.54) is 5.56 Å². The number of rotatable bonds is 4. The molecule has 0 N–H and O–H groups in total. The number of hydrogen-bond acceptors (Lipinski definition) is 4. The van der Waals surface area contributed by atoms with E-state index in [1.54, 1.807) is 0 Å². The van der Waals surface area contributed by atoms with Crippen LogP contribution < -0.4 is 0 Å². The molecule has 0 fully saturated rings. The summed E-state index contributed by atoms with van der Waals surface area (Å²) >= 11 is 0. The summed E-state index contributed by atoms with van der Waals surface area (Å²) in [5.74, 6) is 1.89. The van der Waals surface area contributed by atoms with Gasteiger partial charge in [0, 0.05) is 11.1 Å². The first-order chi connectivity index (χ1) is 12.2. The maximum Gasteiger partial charge on any atom is 0.216 e. The summed E-state index contributed by atoms with van der Waals surface area (Å²) < 4.78 is 11.6. The number of benzene rings is 2. The molecule has 4 heteroatoms. The number of nitrogens with zero attached hydrogens (tertiary/aromatic N) is 2. The van der Waals surface area contributed by atoms with Crippen molar-refractivity contribution in [2.75, 3.05) is 13.2 Å². The average Bonchev–Trinajstić information content (AvgIpc) is 3.33. The number of aliphatic imine (C=N–C) groups is 2. The van der Waals surface area contributed by atoms with E-state index >= 15 is 0 Å². The van der Waals surface area contributed by atoms with Crippen molar-refractivity contribution in [3.05, 3.63) is 71.3 Å². The summed E-state index contributed by atoms with van der Waals surface area (Å²) in [5, 5.41) is 0. The van der Waals surface area contributed by atoms with Gasteiger partial charge in [0.25, 0.3) is 0 Å². The van der Waals surface area contributed by atoms with Crippen LogP contribution in [0.3, 0.4) is 0 Å². The quantitative estimate of drug-likeness (QED) is 0.848. The smallest absolute Gasteiger partial charge is 0.216 e. The van der Waals surface area contributed by atoms with Gasteiger partial charge in [-0.2, -0.15) is 0 Å². The molecule has 0 aromatic heterocycles. The Balaban J connectivity index is 1.57. The molecule has 2 aliphatic heterocycles. The lowest BCUT2D eigenvalue weighted by Crippen LogP contribution is -2.13. The minimum Gasteiger partial charge on any atom is -0.475 e. The molecule has 2 atom stereocenters. The second kappa shape index (κ2) is 6.71. The Kier molecular flexibility index (Phi) is 4.26. The highest BCUT2D eigenvalue weighted by atomic mass is 16.5. The third-order valence-electron chi connectivity index (χ3n) is 4.64. The van der Waals surface area contributed by atoms with E-state index in [-0.39, 0.29) is 12.1 Å². The molecule has 0 radical (unpaired) electrons. The lowest BCUT2D eigenvalue weighted by atomic mass is 10.1. The lowest BCUT2D eigenvalue weighted by molar-refractivity contribution is 0.292. The van der Waals surface area contributed by atoms with Crippen LogP contribution in [0.5, 0.6) is 0 Å². The molecule has 0 aliphatic carbocycles. The normalized spacial score (nSPS) is 22.4. The van der Waals surface area contributed by atoms with Crippen LogP contribution in [0.2, 0.25) is 0 Å². The first kappa shape index (κ1) is 15.9. The molecular formula is C21H22N2O2. The van der Waals surface area contributed by atoms with Gasteiger partial charge >= 0.3 is 0 Å². The van der Waals surface area contributed by atoms with Gasteiger partial charge in [0.15, 0.2) is 0 Å². The highest BCUT2D eigenvalue weighted by Gasteiger charge is 2.25. The van der Waals surface area contributed by atoms with E-state index in [0.29, 0.717) is 25.0 Å². The molecule has 0 amide bonds. The Morgan fingerprint density at radius 1 is 0.840 bits per heavy atom. The van der Waals surface area contributed by atoms with E-state index in [1.807, 2.05) is 42.5 Å². The SMILES string of the molecule is CC(C)[C@H]1COC(c2cccc(C3=N[C@@H](c4ccccc4)CO3)c2)=N1. The van der Waals surface area contributed by atoms with Crippen LogP contribution in [-0.2, 0) is 9.47 Å². The van der Waals surface area contributed by atoms with Crippen molar-refractivity contribution in [1.29, 1.82) is 0 Å². The van der Waals surface area contributed by atoms with Crippen molar-refractivity contribution in [2.45, 2.75) is 25.9 Å². The molecule has 2 aromatic carbocycles. The van der Waals surface area contributed by atoms with E-state index in [2.05, 4.69) is 26.0 Å². The molecule has 0 saturated carbocycles.